The molecule has 0 heterocycles. The molecule has 0 aromatic heterocycles. The molecule has 0 saturated carbocycles. The molecule has 16 heavy (non-hydrogen) atoms. The number of hydrogen-bond donors (Lipinski definition) is 0. The predicted octanol–water partition coefficient (Wildman–Crippen LogP) is 3.31. The van der Waals surface area contributed by atoms with Crippen molar-refractivity contribution >= 4 is 9.84 Å². The second-order valence-corrected chi connectivity index (χ2v) is 6.09. The van der Waals surface area contributed by atoms with E-state index in [0.717, 1.165) is 25.7 Å². The fourth-order valence-corrected chi connectivity index (χ4v) is 3.55. The molecule has 0 aliphatic heterocycles. The molecule has 1 aromatic carbocycles. The number of allylic oxidation sites excluding steroid dienone is 2. The fraction of sp³-hybridized carbons (Fsp3) is 0.385. The lowest BCUT2D eigenvalue weighted by Crippen LogP contribution is -2.04. The summed E-state index contributed by atoms with van der Waals surface area (Å²) in [5.41, 5.74) is 0. The summed E-state index contributed by atoms with van der Waals surface area (Å²) >= 11 is 0. The minimum atomic E-state index is -3.22. The van der Waals surface area contributed by atoms with Crippen LogP contribution in [0.3, 0.4) is 0 Å². The van der Waals surface area contributed by atoms with Crippen molar-refractivity contribution in [1.82, 2.24) is 0 Å². The molecule has 0 saturated heterocycles. The van der Waals surface area contributed by atoms with Gasteiger partial charge in [-0.2, -0.15) is 0 Å². The van der Waals surface area contributed by atoms with Crippen molar-refractivity contribution in [2.75, 3.05) is 0 Å². The summed E-state index contributed by atoms with van der Waals surface area (Å²) in [6.07, 6.45) is 6.70. The molecule has 0 fully saturated rings. The van der Waals surface area contributed by atoms with E-state index in [1.165, 1.54) is 0 Å². The maximum absolute atomic E-state index is 12.3. The van der Waals surface area contributed by atoms with Crippen LogP contribution in [0.2, 0.25) is 0 Å². The zero-order valence-corrected chi connectivity index (χ0v) is 10.0. The molecule has 0 bridgehead atoms. The third-order valence-corrected chi connectivity index (χ3v) is 4.85. The quantitative estimate of drug-likeness (QED) is 0.789. The molecule has 0 radical (unpaired) electrons. The van der Waals surface area contributed by atoms with Crippen molar-refractivity contribution in [3.63, 3.8) is 0 Å². The van der Waals surface area contributed by atoms with Crippen LogP contribution in [0, 0.1) is 0 Å². The van der Waals surface area contributed by atoms with Gasteiger partial charge in [-0.3, -0.25) is 0 Å². The molecule has 0 N–H and O–H groups in total. The number of hydrogen-bond acceptors (Lipinski definition) is 2. The molecule has 0 spiro atoms. The van der Waals surface area contributed by atoms with Gasteiger partial charge < -0.3 is 0 Å². The van der Waals surface area contributed by atoms with E-state index < -0.39 is 9.84 Å². The Morgan fingerprint density at radius 2 is 1.69 bits per heavy atom. The zero-order valence-electron chi connectivity index (χ0n) is 9.22. The van der Waals surface area contributed by atoms with Crippen molar-refractivity contribution in [3.8, 4) is 0 Å². The number of sulfone groups is 1. The highest BCUT2D eigenvalue weighted by Crippen LogP contribution is 2.26. The van der Waals surface area contributed by atoms with E-state index in [-0.39, 0.29) is 0 Å². The first-order valence-corrected chi connectivity index (χ1v) is 7.19. The molecule has 0 amide bonds. The predicted molar refractivity (Wildman–Crippen MR) is 64.8 cm³/mol. The summed E-state index contributed by atoms with van der Waals surface area (Å²) in [5, 5.41) is 0. The Balaban J connectivity index is 2.35. The lowest BCUT2D eigenvalue weighted by molar-refractivity contribution is 0.599. The van der Waals surface area contributed by atoms with Gasteiger partial charge in [0.2, 0.25) is 9.84 Å². The third kappa shape index (κ3) is 2.35. The molecule has 2 nitrogen and oxygen atoms in total. The van der Waals surface area contributed by atoms with Crippen molar-refractivity contribution in [2.45, 2.75) is 37.0 Å². The summed E-state index contributed by atoms with van der Waals surface area (Å²) in [4.78, 5) is 1.03. The zero-order chi connectivity index (χ0) is 11.4. The Hall–Kier alpha value is -1.09. The number of benzene rings is 1. The topological polar surface area (TPSA) is 34.1 Å². The highest BCUT2D eigenvalue weighted by Gasteiger charge is 2.20. The van der Waals surface area contributed by atoms with Crippen molar-refractivity contribution < 1.29 is 8.42 Å². The van der Waals surface area contributed by atoms with E-state index >= 15 is 0 Å². The van der Waals surface area contributed by atoms with Crippen LogP contribution in [0.5, 0.6) is 0 Å². The van der Waals surface area contributed by atoms with E-state index in [4.69, 9.17) is 0 Å². The molecule has 0 atom stereocenters. The summed E-state index contributed by atoms with van der Waals surface area (Å²) < 4.78 is 24.5. The SMILES string of the molecule is O=S(=O)(C1=CCCCCC1)c1ccccc1. The monoisotopic (exact) mass is 236 g/mol. The van der Waals surface area contributed by atoms with Gasteiger partial charge in [0, 0.05) is 4.91 Å². The van der Waals surface area contributed by atoms with Crippen LogP contribution < -0.4 is 0 Å². The Morgan fingerprint density at radius 3 is 2.44 bits per heavy atom. The van der Waals surface area contributed by atoms with E-state index in [2.05, 4.69) is 0 Å². The van der Waals surface area contributed by atoms with Crippen LogP contribution in [0.4, 0.5) is 0 Å². The first-order valence-electron chi connectivity index (χ1n) is 5.70. The molecule has 0 unspecified atom stereocenters. The van der Waals surface area contributed by atoms with E-state index in [1.807, 2.05) is 12.1 Å². The van der Waals surface area contributed by atoms with Gasteiger partial charge in [-0.1, -0.05) is 30.7 Å². The summed E-state index contributed by atoms with van der Waals surface area (Å²) in [5.74, 6) is 0. The average Bonchev–Trinajstić information content (AvgIpc) is 2.59. The van der Waals surface area contributed by atoms with E-state index in [0.29, 0.717) is 16.2 Å². The average molecular weight is 236 g/mol. The molecule has 2 rings (SSSR count). The second kappa shape index (κ2) is 4.83. The second-order valence-electron chi connectivity index (χ2n) is 4.09. The van der Waals surface area contributed by atoms with E-state index in [9.17, 15) is 8.42 Å². The van der Waals surface area contributed by atoms with Gasteiger partial charge in [-0.15, -0.1) is 0 Å². The van der Waals surface area contributed by atoms with Crippen LogP contribution in [-0.2, 0) is 9.84 Å². The fourth-order valence-electron chi connectivity index (χ4n) is 1.98. The maximum Gasteiger partial charge on any atom is 0.202 e. The molecule has 1 aliphatic carbocycles. The largest absolute Gasteiger partial charge is 0.219 e. The van der Waals surface area contributed by atoms with Gasteiger partial charge in [-0.25, -0.2) is 8.42 Å². The maximum atomic E-state index is 12.3. The Bertz CT molecular complexity index is 472. The molecule has 86 valence electrons. The standard InChI is InChI=1S/C13H16O2S/c14-16(15,13-10-6-3-7-11-13)12-8-4-1-2-5-9-12/h3,6-8,10-11H,1-2,4-5,9H2. The third-order valence-electron chi connectivity index (χ3n) is 2.90. The molecule has 1 aliphatic rings. The highest BCUT2D eigenvalue weighted by atomic mass is 32.2. The van der Waals surface area contributed by atoms with Gasteiger partial charge in [-0.05, 0) is 37.8 Å². The van der Waals surface area contributed by atoms with Gasteiger partial charge in [0.1, 0.15) is 0 Å². The minimum Gasteiger partial charge on any atom is -0.219 e. The summed E-state index contributed by atoms with van der Waals surface area (Å²) in [7, 11) is -3.22. The molecule has 3 heteroatoms. The van der Waals surface area contributed by atoms with Crippen LogP contribution in [-0.4, -0.2) is 8.42 Å². The van der Waals surface area contributed by atoms with Crippen LogP contribution >= 0.6 is 0 Å². The van der Waals surface area contributed by atoms with Crippen molar-refractivity contribution in [2.24, 2.45) is 0 Å². The first-order chi connectivity index (χ1) is 7.71. The Kier molecular flexibility index (Phi) is 3.44. The van der Waals surface area contributed by atoms with Gasteiger partial charge >= 0.3 is 0 Å². The Labute approximate surface area is 96.9 Å². The molecular weight excluding hydrogens is 220 g/mol. The lowest BCUT2D eigenvalue weighted by atomic mass is 10.2. The van der Waals surface area contributed by atoms with Gasteiger partial charge in [0.15, 0.2) is 0 Å². The molecular formula is C13H16O2S. The summed E-state index contributed by atoms with van der Waals surface area (Å²) in [6.45, 7) is 0. The van der Waals surface area contributed by atoms with Crippen molar-refractivity contribution in [3.05, 3.63) is 41.3 Å². The van der Waals surface area contributed by atoms with Gasteiger partial charge in [0.05, 0.1) is 4.90 Å². The van der Waals surface area contributed by atoms with Crippen molar-refractivity contribution in [1.29, 1.82) is 0 Å². The first kappa shape index (κ1) is 11.4. The van der Waals surface area contributed by atoms with E-state index in [1.54, 1.807) is 24.3 Å². The van der Waals surface area contributed by atoms with Gasteiger partial charge in [0.25, 0.3) is 0 Å². The van der Waals surface area contributed by atoms with Crippen LogP contribution in [0.1, 0.15) is 32.1 Å². The normalized spacial score (nSPS) is 17.6. The smallest absolute Gasteiger partial charge is 0.202 e. The highest BCUT2D eigenvalue weighted by molar-refractivity contribution is 7.95. The Morgan fingerprint density at radius 1 is 0.938 bits per heavy atom. The molecule has 1 aromatic rings. The number of rotatable bonds is 2. The van der Waals surface area contributed by atoms with Crippen LogP contribution in [0.25, 0.3) is 0 Å². The minimum absolute atomic E-state index is 0.420. The lowest BCUT2D eigenvalue weighted by Gasteiger charge is -2.07. The summed E-state index contributed by atoms with van der Waals surface area (Å²) in [6, 6.07) is 8.71. The van der Waals surface area contributed by atoms with Crippen LogP contribution in [0.15, 0.2) is 46.2 Å².